The molecule has 1 aliphatic heterocycles. The van der Waals surface area contributed by atoms with E-state index in [-0.39, 0.29) is 0 Å². The molecule has 0 spiro atoms. The van der Waals surface area contributed by atoms with E-state index in [9.17, 15) is 0 Å². The van der Waals surface area contributed by atoms with Crippen molar-refractivity contribution in [3.8, 4) is 0 Å². The van der Waals surface area contributed by atoms with Crippen LogP contribution in [-0.2, 0) is 12.3 Å². The molecule has 0 radical (unpaired) electrons. The number of unbranched alkanes of at least 4 members (excludes halogenated alkanes) is 1. The molecule has 0 atom stereocenters. The highest BCUT2D eigenvalue weighted by Gasteiger charge is 2.28. The lowest BCUT2D eigenvalue weighted by Crippen LogP contribution is -2.24. The summed E-state index contributed by atoms with van der Waals surface area (Å²) in [4.78, 5) is 7.10. The minimum Gasteiger partial charge on any atom is -0.303 e. The number of likely N-dealkylation sites (tertiary alicyclic amines) is 1. The maximum atomic E-state index is 5.75. The monoisotopic (exact) mass is 286 g/mol. The fourth-order valence-electron chi connectivity index (χ4n) is 2.55. The van der Waals surface area contributed by atoms with Crippen LogP contribution < -0.4 is 0 Å². The Morgan fingerprint density at radius 3 is 2.89 bits per heavy atom. The molecule has 1 saturated heterocycles. The van der Waals surface area contributed by atoms with Crippen LogP contribution in [0, 0.1) is 5.41 Å². The number of rotatable bonds is 6. The van der Waals surface area contributed by atoms with Gasteiger partial charge in [-0.25, -0.2) is 4.98 Å². The Bertz CT molecular complexity index is 376. The van der Waals surface area contributed by atoms with E-state index in [4.69, 9.17) is 11.6 Å². The molecule has 2 nitrogen and oxygen atoms in total. The van der Waals surface area contributed by atoms with E-state index in [1.54, 1.807) is 11.3 Å². The van der Waals surface area contributed by atoms with Crippen LogP contribution in [-0.4, -0.2) is 29.5 Å². The number of aromatic nitrogens is 1. The van der Waals surface area contributed by atoms with Gasteiger partial charge in [0.05, 0.1) is 16.6 Å². The van der Waals surface area contributed by atoms with E-state index in [1.807, 2.05) is 0 Å². The molecule has 4 heteroatoms. The van der Waals surface area contributed by atoms with Gasteiger partial charge < -0.3 is 4.90 Å². The number of hydrogen-bond acceptors (Lipinski definition) is 3. The summed E-state index contributed by atoms with van der Waals surface area (Å²) in [6.07, 6.45) is 4.98. The van der Waals surface area contributed by atoms with Crippen LogP contribution in [0.15, 0.2) is 5.38 Å². The molecule has 0 N–H and O–H groups in total. The molecule has 0 unspecified atom stereocenters. The van der Waals surface area contributed by atoms with Gasteiger partial charge in [-0.3, -0.25) is 0 Å². The molecule has 2 rings (SSSR count). The van der Waals surface area contributed by atoms with Gasteiger partial charge in [0.1, 0.15) is 0 Å². The zero-order valence-corrected chi connectivity index (χ0v) is 13.0. The number of thiazole rings is 1. The van der Waals surface area contributed by atoms with Gasteiger partial charge in [0, 0.05) is 11.9 Å². The number of nitrogens with zero attached hydrogens (tertiary/aromatic N) is 2. The standard InChI is InChI=1S/C14H23ClN2S/c1-14(2)6-8-17(11-14)7-4-3-5-13-16-12(9-15)10-18-13/h10H,3-9,11H2,1-2H3. The molecule has 1 aromatic rings. The Morgan fingerprint density at radius 2 is 2.28 bits per heavy atom. The largest absolute Gasteiger partial charge is 0.303 e. The second kappa shape index (κ2) is 6.36. The van der Waals surface area contributed by atoms with E-state index in [2.05, 4.69) is 29.1 Å². The van der Waals surface area contributed by atoms with Crippen LogP contribution in [0.1, 0.15) is 43.8 Å². The summed E-state index contributed by atoms with van der Waals surface area (Å²) >= 11 is 7.50. The number of aryl methyl sites for hydroxylation is 1. The van der Waals surface area contributed by atoms with Crippen molar-refractivity contribution < 1.29 is 0 Å². The number of hydrogen-bond donors (Lipinski definition) is 0. The summed E-state index contributed by atoms with van der Waals surface area (Å²) < 4.78 is 0. The lowest BCUT2D eigenvalue weighted by atomic mass is 9.93. The van der Waals surface area contributed by atoms with Gasteiger partial charge in [-0.15, -0.1) is 22.9 Å². The van der Waals surface area contributed by atoms with E-state index < -0.39 is 0 Å². The molecule has 0 amide bonds. The van der Waals surface area contributed by atoms with Gasteiger partial charge in [-0.05, 0) is 44.2 Å². The lowest BCUT2D eigenvalue weighted by Gasteiger charge is -2.19. The molecule has 0 saturated carbocycles. The minimum absolute atomic E-state index is 0.532. The van der Waals surface area contributed by atoms with E-state index >= 15 is 0 Å². The molecule has 1 aromatic heterocycles. The molecule has 2 heterocycles. The van der Waals surface area contributed by atoms with Crippen LogP contribution in [0.3, 0.4) is 0 Å². The average Bonchev–Trinajstić information content (AvgIpc) is 2.91. The fourth-order valence-corrected chi connectivity index (χ4v) is 3.62. The summed E-state index contributed by atoms with van der Waals surface area (Å²) in [5, 5.41) is 3.32. The molecule has 0 aliphatic carbocycles. The number of halogens is 1. The van der Waals surface area contributed by atoms with Crippen LogP contribution in [0.2, 0.25) is 0 Å². The zero-order valence-electron chi connectivity index (χ0n) is 11.4. The Hall–Kier alpha value is -0.120. The van der Waals surface area contributed by atoms with Gasteiger partial charge in [-0.2, -0.15) is 0 Å². The first kappa shape index (κ1) is 14.3. The van der Waals surface area contributed by atoms with Gasteiger partial charge in [0.15, 0.2) is 0 Å². The van der Waals surface area contributed by atoms with Crippen LogP contribution in [0.5, 0.6) is 0 Å². The highest BCUT2D eigenvalue weighted by atomic mass is 35.5. The third kappa shape index (κ3) is 4.22. The predicted molar refractivity (Wildman–Crippen MR) is 79.4 cm³/mol. The third-order valence-corrected chi connectivity index (χ3v) is 4.84. The van der Waals surface area contributed by atoms with Crippen molar-refractivity contribution in [2.24, 2.45) is 5.41 Å². The van der Waals surface area contributed by atoms with Crippen molar-refractivity contribution in [2.45, 2.75) is 45.4 Å². The molecule has 18 heavy (non-hydrogen) atoms. The Balaban J connectivity index is 1.61. The fraction of sp³-hybridized carbons (Fsp3) is 0.786. The first-order valence-electron chi connectivity index (χ1n) is 6.81. The molecule has 0 aromatic carbocycles. The predicted octanol–water partition coefficient (Wildman–Crippen LogP) is 3.94. The highest BCUT2D eigenvalue weighted by molar-refractivity contribution is 7.09. The average molecular weight is 287 g/mol. The molecule has 1 fully saturated rings. The molecular weight excluding hydrogens is 264 g/mol. The van der Waals surface area contributed by atoms with Crippen LogP contribution >= 0.6 is 22.9 Å². The second-order valence-electron chi connectivity index (χ2n) is 6.01. The van der Waals surface area contributed by atoms with E-state index in [1.165, 1.54) is 43.9 Å². The van der Waals surface area contributed by atoms with Gasteiger partial charge in [-0.1, -0.05) is 13.8 Å². The highest BCUT2D eigenvalue weighted by Crippen LogP contribution is 2.28. The van der Waals surface area contributed by atoms with Crippen LogP contribution in [0.25, 0.3) is 0 Å². The van der Waals surface area contributed by atoms with E-state index in [0.29, 0.717) is 11.3 Å². The molecular formula is C14H23ClN2S. The Morgan fingerprint density at radius 1 is 1.44 bits per heavy atom. The minimum atomic E-state index is 0.532. The van der Waals surface area contributed by atoms with Crippen molar-refractivity contribution in [1.29, 1.82) is 0 Å². The first-order chi connectivity index (χ1) is 8.59. The number of alkyl halides is 1. The van der Waals surface area contributed by atoms with Gasteiger partial charge in [0.2, 0.25) is 0 Å². The van der Waals surface area contributed by atoms with Crippen LogP contribution in [0.4, 0.5) is 0 Å². The SMILES string of the molecule is CC1(C)CCN(CCCCc2nc(CCl)cs2)C1. The zero-order chi connectivity index (χ0) is 13.0. The smallest absolute Gasteiger partial charge is 0.0928 e. The molecule has 1 aliphatic rings. The molecule has 102 valence electrons. The third-order valence-electron chi connectivity index (χ3n) is 3.61. The quantitative estimate of drug-likeness (QED) is 0.582. The summed E-state index contributed by atoms with van der Waals surface area (Å²) in [6.45, 7) is 8.53. The Kier molecular flexibility index (Phi) is 5.05. The summed E-state index contributed by atoms with van der Waals surface area (Å²) in [7, 11) is 0. The van der Waals surface area contributed by atoms with Crippen molar-refractivity contribution >= 4 is 22.9 Å². The first-order valence-corrected chi connectivity index (χ1v) is 8.22. The second-order valence-corrected chi connectivity index (χ2v) is 7.22. The van der Waals surface area contributed by atoms with Crippen molar-refractivity contribution in [3.05, 3.63) is 16.1 Å². The van der Waals surface area contributed by atoms with Crippen molar-refractivity contribution in [1.82, 2.24) is 9.88 Å². The maximum absolute atomic E-state index is 5.75. The lowest BCUT2D eigenvalue weighted by molar-refractivity contribution is 0.286. The maximum Gasteiger partial charge on any atom is 0.0928 e. The van der Waals surface area contributed by atoms with E-state index in [0.717, 1.165) is 12.1 Å². The van der Waals surface area contributed by atoms with Gasteiger partial charge >= 0.3 is 0 Å². The summed E-state index contributed by atoms with van der Waals surface area (Å²) in [5.74, 6) is 0.541. The van der Waals surface area contributed by atoms with Gasteiger partial charge in [0.25, 0.3) is 0 Å². The van der Waals surface area contributed by atoms with Crippen molar-refractivity contribution in [3.63, 3.8) is 0 Å². The molecule has 0 bridgehead atoms. The summed E-state index contributed by atoms with van der Waals surface area (Å²) in [6, 6.07) is 0. The topological polar surface area (TPSA) is 16.1 Å². The normalized spacial score (nSPS) is 19.5. The van der Waals surface area contributed by atoms with Crippen molar-refractivity contribution in [2.75, 3.05) is 19.6 Å². The Labute approximate surface area is 119 Å². The summed E-state index contributed by atoms with van der Waals surface area (Å²) in [5.41, 5.74) is 1.56.